The molecule has 0 atom stereocenters. The van der Waals surface area contributed by atoms with Crippen LogP contribution in [0.1, 0.15) is 6.92 Å². The summed E-state index contributed by atoms with van der Waals surface area (Å²) in [5, 5.41) is 5.36. The van der Waals surface area contributed by atoms with E-state index in [0.29, 0.717) is 22.8 Å². The summed E-state index contributed by atoms with van der Waals surface area (Å²) >= 11 is 0. The van der Waals surface area contributed by atoms with Crippen LogP contribution < -0.4 is 20.9 Å². The number of benzene rings is 2. The van der Waals surface area contributed by atoms with Crippen LogP contribution in [0.5, 0.6) is 5.75 Å². The van der Waals surface area contributed by atoms with Crippen LogP contribution in [0.3, 0.4) is 0 Å². The zero-order chi connectivity index (χ0) is 20.8. The molecule has 0 spiro atoms. The Kier molecular flexibility index (Phi) is 6.03. The Hall–Kier alpha value is -3.94. The van der Waals surface area contributed by atoms with Gasteiger partial charge in [0.25, 0.3) is 5.56 Å². The second kappa shape index (κ2) is 8.83. The maximum Gasteiger partial charge on any atom is 0.269 e. The number of ether oxygens (including phenoxy) is 1. The Morgan fingerprint density at radius 1 is 1.10 bits per heavy atom. The molecule has 1 aromatic heterocycles. The first kappa shape index (κ1) is 19.8. The summed E-state index contributed by atoms with van der Waals surface area (Å²) in [6.45, 7) is 1.19. The molecule has 3 rings (SSSR count). The first-order valence-electron chi connectivity index (χ1n) is 8.83. The van der Waals surface area contributed by atoms with Crippen molar-refractivity contribution in [1.29, 1.82) is 0 Å². The highest BCUT2D eigenvalue weighted by Crippen LogP contribution is 2.28. The highest BCUT2D eigenvalue weighted by atomic mass is 16.5. The molecule has 0 unspecified atom stereocenters. The Morgan fingerprint density at radius 2 is 1.86 bits per heavy atom. The summed E-state index contributed by atoms with van der Waals surface area (Å²) in [5.74, 6) is -0.223. The van der Waals surface area contributed by atoms with E-state index in [2.05, 4.69) is 15.6 Å². The number of aromatic nitrogens is 2. The van der Waals surface area contributed by atoms with Crippen molar-refractivity contribution in [1.82, 2.24) is 9.55 Å². The molecular formula is C21H20N4O4. The number of amides is 2. The third-order valence-electron chi connectivity index (χ3n) is 4.05. The van der Waals surface area contributed by atoms with Crippen LogP contribution >= 0.6 is 0 Å². The van der Waals surface area contributed by atoms with Gasteiger partial charge in [-0.25, -0.2) is 4.98 Å². The number of rotatable bonds is 6. The smallest absolute Gasteiger partial charge is 0.269 e. The predicted octanol–water partition coefficient (Wildman–Crippen LogP) is 2.52. The zero-order valence-electron chi connectivity index (χ0n) is 16.0. The Labute approximate surface area is 167 Å². The average Bonchev–Trinajstić information content (AvgIpc) is 2.70. The van der Waals surface area contributed by atoms with Crippen molar-refractivity contribution >= 4 is 23.2 Å². The second-order valence-corrected chi connectivity index (χ2v) is 6.25. The Balaban J connectivity index is 1.81. The van der Waals surface area contributed by atoms with Gasteiger partial charge < -0.3 is 19.9 Å². The number of nitrogens with one attached hydrogen (secondary N) is 2. The summed E-state index contributed by atoms with van der Waals surface area (Å²) in [4.78, 5) is 40.1. The van der Waals surface area contributed by atoms with Crippen molar-refractivity contribution in [2.24, 2.45) is 0 Å². The van der Waals surface area contributed by atoms with Crippen molar-refractivity contribution in [3.8, 4) is 17.0 Å². The molecule has 0 bridgehead atoms. The quantitative estimate of drug-likeness (QED) is 0.671. The molecule has 0 fully saturated rings. The molecule has 0 aliphatic rings. The molecule has 2 N–H and O–H groups in total. The lowest BCUT2D eigenvalue weighted by molar-refractivity contribution is -0.117. The van der Waals surface area contributed by atoms with E-state index in [1.54, 1.807) is 24.4 Å². The van der Waals surface area contributed by atoms with Gasteiger partial charge in [0.05, 0.1) is 24.7 Å². The van der Waals surface area contributed by atoms with Crippen LogP contribution in [0.25, 0.3) is 11.3 Å². The normalized spacial score (nSPS) is 10.3. The fourth-order valence-corrected chi connectivity index (χ4v) is 2.76. The van der Waals surface area contributed by atoms with Gasteiger partial charge in [-0.3, -0.25) is 14.4 Å². The van der Waals surface area contributed by atoms with Crippen LogP contribution in [-0.2, 0) is 16.1 Å². The maximum absolute atomic E-state index is 12.5. The highest BCUT2D eigenvalue weighted by molar-refractivity contribution is 5.94. The molecule has 8 heteroatoms. The summed E-state index contributed by atoms with van der Waals surface area (Å²) < 4.78 is 6.54. The van der Waals surface area contributed by atoms with Gasteiger partial charge in [-0.1, -0.05) is 30.3 Å². The molecule has 8 nitrogen and oxygen atoms in total. The number of nitrogens with zero attached hydrogens (tertiary/aromatic N) is 2. The van der Waals surface area contributed by atoms with E-state index in [1.165, 1.54) is 24.8 Å². The van der Waals surface area contributed by atoms with Gasteiger partial charge in [0, 0.05) is 24.4 Å². The lowest BCUT2D eigenvalue weighted by atomic mass is 10.2. The molecule has 1 heterocycles. The molecule has 29 heavy (non-hydrogen) atoms. The molecule has 148 valence electrons. The van der Waals surface area contributed by atoms with Crippen molar-refractivity contribution < 1.29 is 14.3 Å². The zero-order valence-corrected chi connectivity index (χ0v) is 16.0. The maximum atomic E-state index is 12.5. The van der Waals surface area contributed by atoms with E-state index >= 15 is 0 Å². The SMILES string of the molecule is COc1ccc(NC(C)=O)cc1NC(=O)Cn1cc(-c2ccccc2)ncc1=O. The van der Waals surface area contributed by atoms with E-state index < -0.39 is 11.5 Å². The molecule has 2 amide bonds. The van der Waals surface area contributed by atoms with E-state index in [4.69, 9.17) is 4.74 Å². The lowest BCUT2D eigenvalue weighted by Crippen LogP contribution is -2.27. The van der Waals surface area contributed by atoms with E-state index in [0.717, 1.165) is 5.56 Å². The van der Waals surface area contributed by atoms with Gasteiger partial charge in [-0.15, -0.1) is 0 Å². The van der Waals surface area contributed by atoms with Gasteiger partial charge in [-0.05, 0) is 18.2 Å². The topological polar surface area (TPSA) is 102 Å². The summed E-state index contributed by atoms with van der Waals surface area (Å²) in [6, 6.07) is 14.2. The molecule has 0 saturated carbocycles. The fourth-order valence-electron chi connectivity index (χ4n) is 2.76. The molecule has 3 aromatic rings. The molecule has 0 radical (unpaired) electrons. The number of methoxy groups -OCH3 is 1. The largest absolute Gasteiger partial charge is 0.495 e. The highest BCUT2D eigenvalue weighted by Gasteiger charge is 2.12. The second-order valence-electron chi connectivity index (χ2n) is 6.25. The number of anilines is 2. The van der Waals surface area contributed by atoms with E-state index in [1.807, 2.05) is 30.3 Å². The van der Waals surface area contributed by atoms with E-state index in [9.17, 15) is 14.4 Å². The monoisotopic (exact) mass is 392 g/mol. The van der Waals surface area contributed by atoms with Crippen LogP contribution in [0.2, 0.25) is 0 Å². The van der Waals surface area contributed by atoms with Gasteiger partial charge in [-0.2, -0.15) is 0 Å². The van der Waals surface area contributed by atoms with Crippen molar-refractivity contribution in [2.45, 2.75) is 13.5 Å². The summed E-state index contributed by atoms with van der Waals surface area (Å²) in [7, 11) is 1.47. The first-order valence-corrected chi connectivity index (χ1v) is 8.83. The van der Waals surface area contributed by atoms with Gasteiger partial charge >= 0.3 is 0 Å². The molecule has 0 aliphatic heterocycles. The minimum atomic E-state index is -0.421. The standard InChI is InChI=1S/C21H20N4O4/c1-14(26)23-16-8-9-19(29-2)17(10-16)24-20(27)13-25-12-18(22-11-21(25)28)15-6-4-3-5-7-15/h3-12H,13H2,1-2H3,(H,23,26)(H,24,27). The molecular weight excluding hydrogens is 372 g/mol. The van der Waals surface area contributed by atoms with Crippen molar-refractivity contribution in [2.75, 3.05) is 17.7 Å². The van der Waals surface area contributed by atoms with E-state index in [-0.39, 0.29) is 12.5 Å². The van der Waals surface area contributed by atoms with Gasteiger partial charge in [0.1, 0.15) is 12.3 Å². The molecule has 0 aliphatic carbocycles. The first-order chi connectivity index (χ1) is 14.0. The van der Waals surface area contributed by atoms with Gasteiger partial charge in [0.2, 0.25) is 11.8 Å². The van der Waals surface area contributed by atoms with Crippen LogP contribution in [0, 0.1) is 0 Å². The number of carbonyl (C=O) groups is 2. The third kappa shape index (κ3) is 5.07. The van der Waals surface area contributed by atoms with Gasteiger partial charge in [0.15, 0.2) is 0 Å². The third-order valence-corrected chi connectivity index (χ3v) is 4.05. The number of hydrogen-bond donors (Lipinski definition) is 2. The summed E-state index contributed by atoms with van der Waals surface area (Å²) in [6.07, 6.45) is 2.73. The molecule has 2 aromatic carbocycles. The summed E-state index contributed by atoms with van der Waals surface area (Å²) in [5.41, 5.74) is 1.93. The predicted molar refractivity (Wildman–Crippen MR) is 110 cm³/mol. The van der Waals surface area contributed by atoms with Crippen LogP contribution in [0.4, 0.5) is 11.4 Å². The van der Waals surface area contributed by atoms with Crippen molar-refractivity contribution in [3.05, 3.63) is 71.3 Å². The van der Waals surface area contributed by atoms with Crippen molar-refractivity contribution in [3.63, 3.8) is 0 Å². The number of hydrogen-bond acceptors (Lipinski definition) is 5. The average molecular weight is 392 g/mol. The molecule has 0 saturated heterocycles. The van der Waals surface area contributed by atoms with Crippen LogP contribution in [0.15, 0.2) is 65.7 Å². The number of carbonyl (C=O) groups excluding carboxylic acids is 2. The Morgan fingerprint density at radius 3 is 2.55 bits per heavy atom. The Bertz CT molecular complexity index is 1090. The minimum Gasteiger partial charge on any atom is -0.495 e. The minimum absolute atomic E-state index is 0.200. The fraction of sp³-hybridized carbons (Fsp3) is 0.143. The lowest BCUT2D eigenvalue weighted by Gasteiger charge is -2.13. The van der Waals surface area contributed by atoms with Crippen LogP contribution in [-0.4, -0.2) is 28.5 Å².